The molecule has 0 fully saturated rings. The van der Waals surface area contributed by atoms with Crippen molar-refractivity contribution in [1.29, 1.82) is 0 Å². The molecule has 0 radical (unpaired) electrons. The van der Waals surface area contributed by atoms with Gasteiger partial charge >= 0.3 is 0 Å². The first kappa shape index (κ1) is 14.7. The highest BCUT2D eigenvalue weighted by Gasteiger charge is 2.09. The molecular weight excluding hydrogens is 290 g/mol. The van der Waals surface area contributed by atoms with E-state index in [2.05, 4.69) is 9.97 Å². The summed E-state index contributed by atoms with van der Waals surface area (Å²) in [7, 11) is 0. The number of para-hydroxylation sites is 1. The molecule has 114 valence electrons. The monoisotopic (exact) mass is 305 g/mol. The number of benzene rings is 2. The predicted octanol–water partition coefficient (Wildman–Crippen LogP) is 2.87. The Labute approximate surface area is 132 Å². The number of primary amides is 1. The van der Waals surface area contributed by atoms with E-state index in [0.29, 0.717) is 11.4 Å². The molecule has 3 N–H and O–H groups in total. The van der Waals surface area contributed by atoms with E-state index in [1.807, 2.05) is 25.1 Å². The van der Waals surface area contributed by atoms with Gasteiger partial charge in [-0.1, -0.05) is 30.3 Å². The Hall–Kier alpha value is -3.21. The largest absolute Gasteiger partial charge is 0.366 e. The summed E-state index contributed by atoms with van der Waals surface area (Å²) >= 11 is 0. The zero-order valence-corrected chi connectivity index (χ0v) is 12.5. The Bertz CT molecular complexity index is 921. The Balaban J connectivity index is 1.82. The zero-order valence-electron chi connectivity index (χ0n) is 12.5. The van der Waals surface area contributed by atoms with Gasteiger partial charge in [0, 0.05) is 5.56 Å². The molecule has 23 heavy (non-hydrogen) atoms. The van der Waals surface area contributed by atoms with Crippen LogP contribution in [0.25, 0.3) is 17.1 Å². The molecule has 5 heteroatoms. The highest BCUT2D eigenvalue weighted by atomic mass is 16.1. The number of ketones is 1. The fourth-order valence-corrected chi connectivity index (χ4v) is 2.30. The number of carbonyl (C=O) groups is 2. The average molecular weight is 305 g/mol. The van der Waals surface area contributed by atoms with Crippen LogP contribution in [-0.4, -0.2) is 21.7 Å². The summed E-state index contributed by atoms with van der Waals surface area (Å²) in [5.74, 6) is -0.381. The minimum Gasteiger partial charge on any atom is -0.366 e. The number of aryl methyl sites for hydroxylation is 1. The molecule has 5 nitrogen and oxygen atoms in total. The first-order chi connectivity index (χ1) is 11.0. The summed E-state index contributed by atoms with van der Waals surface area (Å²) in [5, 5.41) is 0. The number of hydrogen-bond acceptors (Lipinski definition) is 3. The van der Waals surface area contributed by atoms with Crippen molar-refractivity contribution in [3.63, 3.8) is 0 Å². The standard InChI is InChI=1S/C18H15N3O2/c1-11-3-2-4-14-16(11)21-18(20-14)15(22)10-7-12-5-8-13(9-6-12)17(19)23/h2-10H,1H3,(H2,19,23)(H,20,21). The number of carbonyl (C=O) groups excluding carboxylic acids is 2. The molecule has 2 aromatic carbocycles. The van der Waals surface area contributed by atoms with Gasteiger partial charge < -0.3 is 10.7 Å². The zero-order chi connectivity index (χ0) is 16.4. The summed E-state index contributed by atoms with van der Waals surface area (Å²) < 4.78 is 0. The summed E-state index contributed by atoms with van der Waals surface area (Å²) in [6.07, 6.45) is 3.12. The lowest BCUT2D eigenvalue weighted by molar-refractivity contribution is 0.0998. The minimum atomic E-state index is -0.478. The number of aromatic amines is 1. The number of H-pyrrole nitrogens is 1. The first-order valence-corrected chi connectivity index (χ1v) is 7.12. The number of nitrogens with one attached hydrogen (secondary N) is 1. The Morgan fingerprint density at radius 3 is 2.52 bits per heavy atom. The second-order valence-corrected chi connectivity index (χ2v) is 5.24. The molecule has 1 amide bonds. The van der Waals surface area contributed by atoms with Crippen molar-refractivity contribution >= 4 is 28.8 Å². The number of nitrogens with two attached hydrogens (primary N) is 1. The number of nitrogens with zero attached hydrogens (tertiary/aromatic N) is 1. The van der Waals surface area contributed by atoms with Gasteiger partial charge in [-0.05, 0) is 42.3 Å². The van der Waals surface area contributed by atoms with Gasteiger partial charge in [0.1, 0.15) is 0 Å². The van der Waals surface area contributed by atoms with Crippen molar-refractivity contribution < 1.29 is 9.59 Å². The van der Waals surface area contributed by atoms with Crippen LogP contribution in [0, 0.1) is 6.92 Å². The van der Waals surface area contributed by atoms with Crippen LogP contribution < -0.4 is 5.73 Å². The number of aromatic nitrogens is 2. The van der Waals surface area contributed by atoms with E-state index < -0.39 is 5.91 Å². The minimum absolute atomic E-state index is 0.209. The van der Waals surface area contributed by atoms with Crippen LogP contribution >= 0.6 is 0 Å². The topological polar surface area (TPSA) is 88.8 Å². The van der Waals surface area contributed by atoms with Gasteiger partial charge in [-0.15, -0.1) is 0 Å². The third-order valence-corrected chi connectivity index (χ3v) is 3.57. The second-order valence-electron chi connectivity index (χ2n) is 5.24. The van der Waals surface area contributed by atoms with E-state index in [1.54, 1.807) is 30.3 Å². The van der Waals surface area contributed by atoms with E-state index >= 15 is 0 Å². The molecule has 0 saturated heterocycles. The fraction of sp³-hybridized carbons (Fsp3) is 0.0556. The maximum absolute atomic E-state index is 12.2. The molecule has 0 bridgehead atoms. The lowest BCUT2D eigenvalue weighted by Gasteiger charge is -1.96. The molecule has 3 aromatic rings. The predicted molar refractivity (Wildman–Crippen MR) is 89.2 cm³/mol. The van der Waals surface area contributed by atoms with Gasteiger partial charge in [0.05, 0.1) is 11.0 Å². The molecule has 0 aliphatic rings. The van der Waals surface area contributed by atoms with Crippen molar-refractivity contribution in [3.05, 3.63) is 71.1 Å². The fourth-order valence-electron chi connectivity index (χ4n) is 2.30. The number of amides is 1. The van der Waals surface area contributed by atoms with E-state index in [9.17, 15) is 9.59 Å². The van der Waals surface area contributed by atoms with Gasteiger partial charge in [0.15, 0.2) is 5.82 Å². The van der Waals surface area contributed by atoms with Crippen molar-refractivity contribution in [3.8, 4) is 0 Å². The van der Waals surface area contributed by atoms with Crippen LogP contribution in [0.5, 0.6) is 0 Å². The number of fused-ring (bicyclic) bond motifs is 1. The van der Waals surface area contributed by atoms with Gasteiger partial charge in [0.25, 0.3) is 0 Å². The van der Waals surface area contributed by atoms with Gasteiger partial charge in [-0.25, -0.2) is 4.98 Å². The van der Waals surface area contributed by atoms with Gasteiger partial charge in [-0.3, -0.25) is 9.59 Å². The smallest absolute Gasteiger partial charge is 0.248 e. The molecule has 0 spiro atoms. The van der Waals surface area contributed by atoms with Crippen molar-refractivity contribution in [2.24, 2.45) is 5.73 Å². The van der Waals surface area contributed by atoms with E-state index in [1.165, 1.54) is 6.08 Å². The molecule has 3 rings (SSSR count). The third-order valence-electron chi connectivity index (χ3n) is 3.57. The average Bonchev–Trinajstić information content (AvgIpc) is 2.99. The maximum Gasteiger partial charge on any atom is 0.248 e. The molecule has 0 atom stereocenters. The van der Waals surface area contributed by atoms with Crippen LogP contribution in [-0.2, 0) is 0 Å². The molecular formula is C18H15N3O2. The Morgan fingerprint density at radius 2 is 1.87 bits per heavy atom. The molecule has 1 aromatic heterocycles. The number of allylic oxidation sites excluding steroid dienone is 1. The highest BCUT2D eigenvalue weighted by Crippen LogP contribution is 2.16. The summed E-state index contributed by atoms with van der Waals surface area (Å²) in [4.78, 5) is 30.6. The lowest BCUT2D eigenvalue weighted by atomic mass is 10.1. The van der Waals surface area contributed by atoms with Crippen LogP contribution in [0.2, 0.25) is 0 Å². The SMILES string of the molecule is Cc1cccc2[nH]c(C(=O)C=Cc3ccc(C(N)=O)cc3)nc12. The summed E-state index contributed by atoms with van der Waals surface area (Å²) in [5.41, 5.74) is 9.08. The van der Waals surface area contributed by atoms with Crippen molar-refractivity contribution in [1.82, 2.24) is 9.97 Å². The molecule has 0 aliphatic carbocycles. The number of hydrogen-bond donors (Lipinski definition) is 2. The molecule has 0 unspecified atom stereocenters. The highest BCUT2D eigenvalue weighted by molar-refractivity contribution is 6.06. The first-order valence-electron chi connectivity index (χ1n) is 7.12. The molecule has 1 heterocycles. The van der Waals surface area contributed by atoms with Crippen LogP contribution in [0.15, 0.2) is 48.5 Å². The second kappa shape index (κ2) is 5.88. The normalized spacial score (nSPS) is 11.2. The molecule has 0 aliphatic heterocycles. The summed E-state index contributed by atoms with van der Waals surface area (Å²) in [6, 6.07) is 12.5. The van der Waals surface area contributed by atoms with E-state index in [4.69, 9.17) is 5.73 Å². The van der Waals surface area contributed by atoms with Crippen LogP contribution in [0.4, 0.5) is 0 Å². The number of rotatable bonds is 4. The third kappa shape index (κ3) is 3.03. The van der Waals surface area contributed by atoms with Gasteiger partial charge in [-0.2, -0.15) is 0 Å². The number of imidazole rings is 1. The van der Waals surface area contributed by atoms with E-state index in [-0.39, 0.29) is 5.78 Å². The Morgan fingerprint density at radius 1 is 1.13 bits per heavy atom. The quantitative estimate of drug-likeness (QED) is 0.574. The molecule has 0 saturated carbocycles. The van der Waals surface area contributed by atoms with Gasteiger partial charge in [0.2, 0.25) is 11.7 Å². The van der Waals surface area contributed by atoms with Crippen LogP contribution in [0.3, 0.4) is 0 Å². The van der Waals surface area contributed by atoms with Crippen molar-refractivity contribution in [2.75, 3.05) is 0 Å². The van der Waals surface area contributed by atoms with Crippen LogP contribution in [0.1, 0.15) is 32.1 Å². The van der Waals surface area contributed by atoms with Crippen molar-refractivity contribution in [2.45, 2.75) is 6.92 Å². The maximum atomic E-state index is 12.2. The summed E-state index contributed by atoms with van der Waals surface area (Å²) in [6.45, 7) is 1.95. The lowest BCUT2D eigenvalue weighted by Crippen LogP contribution is -2.10. The Kier molecular flexibility index (Phi) is 3.76. The van der Waals surface area contributed by atoms with E-state index in [0.717, 1.165) is 22.2 Å².